The van der Waals surface area contributed by atoms with Crippen molar-refractivity contribution in [1.29, 1.82) is 0 Å². The number of fused-ring (bicyclic) bond motifs is 2. The van der Waals surface area contributed by atoms with E-state index >= 15 is 0 Å². The van der Waals surface area contributed by atoms with Crippen LogP contribution in [-0.2, 0) is 10.2 Å². The molecule has 5 heteroatoms. The number of hydrogen-bond donors (Lipinski definition) is 1. The number of benzene rings is 4. The first-order valence-electron chi connectivity index (χ1n) is 10.5. The molecule has 4 aromatic carbocycles. The Balaban J connectivity index is 1.48. The van der Waals surface area contributed by atoms with E-state index in [0.29, 0.717) is 10.8 Å². The first-order valence-corrected chi connectivity index (χ1v) is 10.9. The predicted molar refractivity (Wildman–Crippen MR) is 133 cm³/mol. The molecule has 0 aliphatic rings. The van der Waals surface area contributed by atoms with Gasteiger partial charge >= 0.3 is 0 Å². The Kier molecular flexibility index (Phi) is 6.15. The molecule has 162 valence electrons. The third kappa shape index (κ3) is 4.61. The predicted octanol–water partition coefficient (Wildman–Crippen LogP) is 6.47. The van der Waals surface area contributed by atoms with Gasteiger partial charge in [-0.1, -0.05) is 93.0 Å². The van der Waals surface area contributed by atoms with Gasteiger partial charge in [-0.3, -0.25) is 4.79 Å². The summed E-state index contributed by atoms with van der Waals surface area (Å²) in [5, 5.41) is 8.74. The van der Waals surface area contributed by atoms with Crippen LogP contribution in [-0.4, -0.2) is 18.7 Å². The summed E-state index contributed by atoms with van der Waals surface area (Å²) in [6.45, 7) is 6.35. The van der Waals surface area contributed by atoms with Gasteiger partial charge in [0, 0.05) is 16.3 Å². The van der Waals surface area contributed by atoms with Gasteiger partial charge in [0.05, 0.1) is 11.2 Å². The summed E-state index contributed by atoms with van der Waals surface area (Å²) < 4.78 is 5.59. The quantitative estimate of drug-likeness (QED) is 0.218. The average molecular weight is 445 g/mol. The van der Waals surface area contributed by atoms with Gasteiger partial charge in [-0.2, -0.15) is 5.10 Å². The van der Waals surface area contributed by atoms with Crippen molar-refractivity contribution in [2.24, 2.45) is 5.10 Å². The maximum Gasteiger partial charge on any atom is 0.277 e. The fraction of sp³-hybridized carbons (Fsp3) is 0.185. The summed E-state index contributed by atoms with van der Waals surface area (Å²) in [5.41, 5.74) is 4.74. The standard InChI is InChI=1S/C27H25ClN2O2/c1-27(2,3)18-12-14-19(15-13-18)32-17-25(31)30-29-16-24-20-8-4-6-10-22(20)26(28)23-11-7-5-9-21(23)24/h4-16H,17H2,1-3H3,(H,30,31). The normalized spacial score (nSPS) is 11.9. The molecule has 32 heavy (non-hydrogen) atoms. The summed E-state index contributed by atoms with van der Waals surface area (Å²) >= 11 is 6.63. The molecule has 0 saturated carbocycles. The summed E-state index contributed by atoms with van der Waals surface area (Å²) in [6.07, 6.45) is 1.66. The fourth-order valence-electron chi connectivity index (χ4n) is 3.65. The molecule has 0 bridgehead atoms. The highest BCUT2D eigenvalue weighted by Crippen LogP contribution is 2.35. The molecular formula is C27H25ClN2O2. The largest absolute Gasteiger partial charge is 0.484 e. The third-order valence-electron chi connectivity index (χ3n) is 5.38. The summed E-state index contributed by atoms with van der Waals surface area (Å²) in [5.74, 6) is 0.315. The van der Waals surface area contributed by atoms with Crippen molar-refractivity contribution in [3.05, 3.63) is 88.9 Å². The topological polar surface area (TPSA) is 50.7 Å². The van der Waals surface area contributed by atoms with Crippen LogP contribution in [0.1, 0.15) is 31.9 Å². The molecule has 0 atom stereocenters. The zero-order valence-electron chi connectivity index (χ0n) is 18.4. The first kappa shape index (κ1) is 21.8. The Morgan fingerprint density at radius 1 is 0.906 bits per heavy atom. The lowest BCUT2D eigenvalue weighted by molar-refractivity contribution is -0.123. The Bertz CT molecular complexity index is 1250. The maximum atomic E-state index is 12.2. The van der Waals surface area contributed by atoms with E-state index < -0.39 is 0 Å². The molecule has 0 fully saturated rings. The van der Waals surface area contributed by atoms with Crippen LogP contribution < -0.4 is 10.2 Å². The van der Waals surface area contributed by atoms with Crippen LogP contribution >= 0.6 is 11.6 Å². The lowest BCUT2D eigenvalue weighted by atomic mass is 9.87. The van der Waals surface area contributed by atoms with Crippen molar-refractivity contribution in [3.8, 4) is 5.75 Å². The van der Waals surface area contributed by atoms with Gasteiger partial charge in [0.1, 0.15) is 5.75 Å². The molecule has 4 aromatic rings. The number of carbonyl (C=O) groups is 1. The van der Waals surface area contributed by atoms with Gasteiger partial charge in [-0.05, 0) is 33.9 Å². The zero-order valence-corrected chi connectivity index (χ0v) is 19.1. The molecular weight excluding hydrogens is 420 g/mol. The summed E-state index contributed by atoms with van der Waals surface area (Å²) in [4.78, 5) is 12.2. The van der Waals surface area contributed by atoms with E-state index in [1.807, 2.05) is 72.8 Å². The number of ether oxygens (including phenoxy) is 1. The van der Waals surface area contributed by atoms with E-state index in [4.69, 9.17) is 16.3 Å². The van der Waals surface area contributed by atoms with Crippen LogP contribution in [0.2, 0.25) is 5.02 Å². The van der Waals surface area contributed by atoms with E-state index in [2.05, 4.69) is 31.3 Å². The van der Waals surface area contributed by atoms with E-state index in [1.54, 1.807) is 6.21 Å². The van der Waals surface area contributed by atoms with Crippen molar-refractivity contribution >= 4 is 45.3 Å². The highest BCUT2D eigenvalue weighted by Gasteiger charge is 2.13. The van der Waals surface area contributed by atoms with Crippen LogP contribution in [0.5, 0.6) is 5.75 Å². The molecule has 0 unspecified atom stereocenters. The number of carbonyl (C=O) groups excluding carboxylic acids is 1. The molecule has 0 aromatic heterocycles. The third-order valence-corrected chi connectivity index (χ3v) is 5.79. The first-order chi connectivity index (χ1) is 15.3. The minimum atomic E-state index is -0.330. The minimum absolute atomic E-state index is 0.0701. The summed E-state index contributed by atoms with van der Waals surface area (Å²) in [7, 11) is 0. The summed E-state index contributed by atoms with van der Waals surface area (Å²) in [6, 6.07) is 23.6. The maximum absolute atomic E-state index is 12.2. The van der Waals surface area contributed by atoms with Crippen molar-refractivity contribution in [1.82, 2.24) is 5.43 Å². The van der Waals surface area contributed by atoms with Crippen molar-refractivity contribution in [2.75, 3.05) is 6.61 Å². The van der Waals surface area contributed by atoms with Gasteiger partial charge in [-0.25, -0.2) is 5.43 Å². The number of nitrogens with one attached hydrogen (secondary N) is 1. The van der Waals surface area contributed by atoms with E-state index in [0.717, 1.165) is 27.1 Å². The molecule has 4 rings (SSSR count). The van der Waals surface area contributed by atoms with E-state index in [1.165, 1.54) is 5.56 Å². The smallest absolute Gasteiger partial charge is 0.277 e. The number of nitrogens with zero attached hydrogens (tertiary/aromatic N) is 1. The highest BCUT2D eigenvalue weighted by atomic mass is 35.5. The van der Waals surface area contributed by atoms with Crippen LogP contribution in [0.25, 0.3) is 21.5 Å². The van der Waals surface area contributed by atoms with Crippen LogP contribution in [0, 0.1) is 0 Å². The molecule has 0 aliphatic carbocycles. The van der Waals surface area contributed by atoms with Crippen molar-refractivity contribution in [3.63, 3.8) is 0 Å². The van der Waals surface area contributed by atoms with Gasteiger partial charge in [0.15, 0.2) is 6.61 Å². The van der Waals surface area contributed by atoms with Gasteiger partial charge < -0.3 is 4.74 Å². The lowest BCUT2D eigenvalue weighted by Crippen LogP contribution is -2.24. The Hall–Kier alpha value is -3.37. The molecule has 0 spiro atoms. The fourth-order valence-corrected chi connectivity index (χ4v) is 3.98. The second-order valence-corrected chi connectivity index (χ2v) is 9.05. The van der Waals surface area contributed by atoms with Gasteiger partial charge in [0.25, 0.3) is 5.91 Å². The lowest BCUT2D eigenvalue weighted by Gasteiger charge is -2.19. The second kappa shape index (κ2) is 9.01. The van der Waals surface area contributed by atoms with Crippen LogP contribution in [0.15, 0.2) is 77.9 Å². The van der Waals surface area contributed by atoms with Crippen LogP contribution in [0.4, 0.5) is 0 Å². The molecule has 1 N–H and O–H groups in total. The molecule has 0 aliphatic heterocycles. The Labute approximate surface area is 192 Å². The number of hydrogen-bond acceptors (Lipinski definition) is 3. The SMILES string of the molecule is CC(C)(C)c1ccc(OCC(=O)NN=Cc2c3ccccc3c(Cl)c3ccccc23)cc1. The Morgan fingerprint density at radius 2 is 1.44 bits per heavy atom. The molecule has 4 nitrogen and oxygen atoms in total. The second-order valence-electron chi connectivity index (χ2n) is 8.68. The van der Waals surface area contributed by atoms with Crippen molar-refractivity contribution < 1.29 is 9.53 Å². The van der Waals surface area contributed by atoms with Gasteiger partial charge in [-0.15, -0.1) is 0 Å². The molecule has 1 amide bonds. The van der Waals surface area contributed by atoms with E-state index in [-0.39, 0.29) is 17.9 Å². The van der Waals surface area contributed by atoms with Crippen LogP contribution in [0.3, 0.4) is 0 Å². The zero-order chi connectivity index (χ0) is 22.7. The van der Waals surface area contributed by atoms with Gasteiger partial charge in [0.2, 0.25) is 0 Å². The Morgan fingerprint density at radius 3 is 1.97 bits per heavy atom. The number of amides is 1. The average Bonchev–Trinajstić information content (AvgIpc) is 2.79. The number of hydrazone groups is 1. The number of rotatable bonds is 5. The monoisotopic (exact) mass is 444 g/mol. The van der Waals surface area contributed by atoms with Crippen molar-refractivity contribution in [2.45, 2.75) is 26.2 Å². The molecule has 0 saturated heterocycles. The minimum Gasteiger partial charge on any atom is -0.484 e. The molecule has 0 heterocycles. The number of halogens is 1. The highest BCUT2D eigenvalue weighted by molar-refractivity contribution is 6.42. The van der Waals surface area contributed by atoms with E-state index in [9.17, 15) is 4.79 Å². The molecule has 0 radical (unpaired) electrons.